The number of nitrogens with one attached hydrogen (secondary N) is 1. The lowest BCUT2D eigenvalue weighted by Crippen LogP contribution is -2.49. The van der Waals surface area contributed by atoms with Gasteiger partial charge in [0.15, 0.2) is 0 Å². The van der Waals surface area contributed by atoms with Gasteiger partial charge in [-0.25, -0.2) is 4.21 Å². The molecule has 0 saturated heterocycles. The Morgan fingerprint density at radius 2 is 1.95 bits per heavy atom. The van der Waals surface area contributed by atoms with E-state index >= 15 is 0 Å². The monoisotopic (exact) mass is 644 g/mol. The number of rotatable bonds is 0. The average molecular weight is 645 g/mol. The highest BCUT2D eigenvalue weighted by atomic mass is 35.5. The maximum Gasteiger partial charge on any atom is 0.263 e. The Kier molecular flexibility index (Phi) is 10.5. The van der Waals surface area contributed by atoms with Crippen LogP contribution in [-0.4, -0.2) is 58.8 Å². The molecule has 2 aliphatic heterocycles. The number of aryl methyl sites for hydroxylation is 1. The van der Waals surface area contributed by atoms with Gasteiger partial charge in [0.25, 0.3) is 5.91 Å². The van der Waals surface area contributed by atoms with Crippen LogP contribution in [-0.2, 0) is 22.8 Å². The molecule has 4 aliphatic rings. The second kappa shape index (κ2) is 14.0. The Labute approximate surface area is 268 Å². The van der Waals surface area contributed by atoms with Crippen LogP contribution < -0.4 is 14.4 Å². The molecule has 1 fully saturated rings. The molecule has 2 bridgehead atoms. The Hall–Kier alpha value is -2.00. The minimum atomic E-state index is -1.53. The van der Waals surface area contributed by atoms with Crippen molar-refractivity contribution in [2.45, 2.75) is 69.1 Å². The first kappa shape index (κ1) is 32.4. The number of hydrogen-bond donors (Lipinski definition) is 2. The van der Waals surface area contributed by atoms with Crippen LogP contribution in [0.3, 0.4) is 0 Å². The molecule has 9 heteroatoms. The van der Waals surface area contributed by atoms with Gasteiger partial charge in [0.1, 0.15) is 16.7 Å². The summed E-state index contributed by atoms with van der Waals surface area (Å²) in [5.74, 6) is 1.05. The maximum absolute atomic E-state index is 13.3. The molecule has 0 aromatic heterocycles. The zero-order valence-electron chi connectivity index (χ0n) is 25.7. The third-order valence-electron chi connectivity index (χ3n) is 9.84. The largest absolute Gasteiger partial charge is 0.490 e. The van der Waals surface area contributed by atoms with Gasteiger partial charge in [-0.3, -0.25) is 9.52 Å². The van der Waals surface area contributed by atoms with Gasteiger partial charge in [-0.1, -0.05) is 36.7 Å². The lowest BCUT2D eigenvalue weighted by Gasteiger charge is -2.45. The summed E-state index contributed by atoms with van der Waals surface area (Å²) in [6, 6.07) is 11.8. The van der Waals surface area contributed by atoms with Crippen LogP contribution in [0, 0.1) is 17.8 Å². The van der Waals surface area contributed by atoms with E-state index in [-0.39, 0.29) is 28.4 Å². The van der Waals surface area contributed by atoms with Crippen LogP contribution >= 0.6 is 23.4 Å². The molecule has 6 unspecified atom stereocenters. The van der Waals surface area contributed by atoms with Crippen molar-refractivity contribution >= 4 is 45.9 Å². The zero-order valence-corrected chi connectivity index (χ0v) is 28.1. The number of carbonyl (C=O) groups excluding carboxylic acids is 1. The lowest BCUT2D eigenvalue weighted by atomic mass is 9.68. The van der Waals surface area contributed by atoms with Crippen LogP contribution in [0.2, 0.25) is 5.02 Å². The molecule has 2 heterocycles. The first-order valence-corrected chi connectivity index (χ1v) is 18.6. The number of nitrogens with zero attached hydrogens (tertiary/aromatic N) is 1. The van der Waals surface area contributed by atoms with Crippen LogP contribution in [0.1, 0.15) is 67.4 Å². The van der Waals surface area contributed by atoms with E-state index in [9.17, 15) is 14.1 Å². The third-order valence-corrected chi connectivity index (χ3v) is 11.6. The summed E-state index contributed by atoms with van der Waals surface area (Å²) in [6.45, 7) is 6.02. The van der Waals surface area contributed by atoms with Gasteiger partial charge in [0.05, 0.1) is 23.6 Å². The highest BCUT2D eigenvalue weighted by Crippen LogP contribution is 2.46. The summed E-state index contributed by atoms with van der Waals surface area (Å²) in [7, 11) is -1.53. The second-order valence-electron chi connectivity index (χ2n) is 12.8. The predicted octanol–water partition coefficient (Wildman–Crippen LogP) is 6.56. The van der Waals surface area contributed by atoms with Crippen molar-refractivity contribution in [3.8, 4) is 5.75 Å². The van der Waals surface area contributed by atoms with Crippen molar-refractivity contribution in [3.05, 3.63) is 70.3 Å². The molecule has 6 nitrogen and oxygen atoms in total. The first-order chi connectivity index (χ1) is 20.7. The number of aliphatic hydroxyl groups is 1. The number of aliphatic hydroxyl groups excluding tert-OH is 1. The van der Waals surface area contributed by atoms with Gasteiger partial charge in [0, 0.05) is 29.1 Å². The van der Waals surface area contributed by atoms with Crippen molar-refractivity contribution in [1.82, 2.24) is 4.72 Å². The molecule has 6 rings (SSSR count). The molecule has 2 aromatic carbocycles. The quantitative estimate of drug-likeness (QED) is 0.317. The standard InChI is InChI=1S/C32H39ClN2O4S.C2H6S/c1-20-5-3-7-29(36)26-11-8-24(26)17-35-18-32(14-4-6-22-15-25(33)10-12-27(22)32)19-39-30-13-9-23(16-28(30)35)31(37)34-40(38)21(20)2;1-3-2/h3,7,9-10,12-13,15-16,20-21,24,26,29,36H,4-6,8,11,14,17-19H2,1-2H3,(H,34,37);1-2H3/b7-3+;/t20?,21?,24?,26?,29?,32-,40?;/m0./s1. The molecule has 2 aliphatic carbocycles. The van der Waals surface area contributed by atoms with Crippen molar-refractivity contribution in [2.75, 3.05) is 37.1 Å². The number of thioether (sulfide) groups is 1. The third kappa shape index (κ3) is 6.98. The molecule has 2 N–H and O–H groups in total. The predicted molar refractivity (Wildman–Crippen MR) is 180 cm³/mol. The van der Waals surface area contributed by atoms with Gasteiger partial charge >= 0.3 is 0 Å². The summed E-state index contributed by atoms with van der Waals surface area (Å²) in [6.07, 6.45) is 13.4. The topological polar surface area (TPSA) is 78.9 Å². The van der Waals surface area contributed by atoms with Gasteiger partial charge in [-0.05, 0) is 117 Å². The lowest BCUT2D eigenvalue weighted by molar-refractivity contribution is 0.0456. The van der Waals surface area contributed by atoms with E-state index in [1.54, 1.807) is 17.8 Å². The van der Waals surface area contributed by atoms with E-state index in [2.05, 4.69) is 21.8 Å². The Balaban J connectivity index is 0.00000118. The fourth-order valence-corrected chi connectivity index (χ4v) is 8.24. The fraction of sp³-hybridized carbons (Fsp3) is 0.559. The molecule has 1 spiro atoms. The molecule has 0 radical (unpaired) electrons. The van der Waals surface area contributed by atoms with E-state index in [4.69, 9.17) is 16.3 Å². The van der Waals surface area contributed by atoms with Crippen LogP contribution in [0.15, 0.2) is 48.6 Å². The molecule has 234 valence electrons. The number of halogens is 1. The molecular weight excluding hydrogens is 600 g/mol. The van der Waals surface area contributed by atoms with E-state index in [0.717, 1.165) is 61.7 Å². The van der Waals surface area contributed by atoms with Crippen molar-refractivity contribution in [3.63, 3.8) is 0 Å². The van der Waals surface area contributed by atoms with Gasteiger partial charge in [-0.2, -0.15) is 11.8 Å². The summed E-state index contributed by atoms with van der Waals surface area (Å²) in [5, 5.41) is 11.6. The number of fused-ring (bicyclic) bond motifs is 4. The molecule has 2 aromatic rings. The first-order valence-electron chi connectivity index (χ1n) is 15.4. The minimum absolute atomic E-state index is 0.0926. The summed E-state index contributed by atoms with van der Waals surface area (Å²) >= 11 is 8.14. The summed E-state index contributed by atoms with van der Waals surface area (Å²) in [5.41, 5.74) is 3.75. The summed E-state index contributed by atoms with van der Waals surface area (Å²) in [4.78, 5) is 15.7. The number of allylic oxidation sites excluding steroid dienone is 1. The Morgan fingerprint density at radius 3 is 2.70 bits per heavy atom. The molecule has 7 atom stereocenters. The van der Waals surface area contributed by atoms with Gasteiger partial charge in [-0.15, -0.1) is 0 Å². The molecule has 1 amide bonds. The number of amides is 1. The average Bonchev–Trinajstić information content (AvgIpc) is 3.11. The second-order valence-corrected chi connectivity index (χ2v) is 15.6. The van der Waals surface area contributed by atoms with Gasteiger partial charge < -0.3 is 14.7 Å². The molecule has 1 saturated carbocycles. The summed E-state index contributed by atoms with van der Waals surface area (Å²) < 4.78 is 22.3. The number of benzene rings is 2. The Bertz CT molecular complexity index is 1370. The number of hydrogen-bond acceptors (Lipinski definition) is 6. The zero-order chi connectivity index (χ0) is 30.7. The van der Waals surface area contributed by atoms with E-state index < -0.39 is 17.1 Å². The Morgan fingerprint density at radius 1 is 1.16 bits per heavy atom. The minimum Gasteiger partial charge on any atom is -0.490 e. The van der Waals surface area contributed by atoms with Crippen molar-refractivity contribution in [2.24, 2.45) is 17.8 Å². The van der Waals surface area contributed by atoms with Gasteiger partial charge in [0.2, 0.25) is 0 Å². The number of ether oxygens (including phenoxy) is 1. The number of carbonyl (C=O) groups is 1. The highest BCUT2D eigenvalue weighted by molar-refractivity contribution is 7.97. The van der Waals surface area contributed by atoms with Crippen molar-refractivity contribution < 1.29 is 18.8 Å². The number of anilines is 1. The van der Waals surface area contributed by atoms with Crippen LogP contribution in [0.4, 0.5) is 5.69 Å². The van der Waals surface area contributed by atoms with Crippen molar-refractivity contribution in [1.29, 1.82) is 0 Å². The van der Waals surface area contributed by atoms with E-state index in [1.165, 1.54) is 11.1 Å². The van der Waals surface area contributed by atoms with Crippen LogP contribution in [0.5, 0.6) is 5.75 Å². The van der Waals surface area contributed by atoms with E-state index in [1.807, 2.05) is 56.7 Å². The smallest absolute Gasteiger partial charge is 0.263 e. The SMILES string of the molecule is CC1C/C=C/C(O)C2CCC2CN2C[C@@]3(CCCc4cc(Cl)ccc43)COc3ccc(cc32)C(=O)NS(=O)C1C.CSC. The molecular formula is C34H45ClN2O4S2. The molecule has 43 heavy (non-hydrogen) atoms. The fourth-order valence-electron chi connectivity index (χ4n) is 7.03. The highest BCUT2D eigenvalue weighted by Gasteiger charge is 2.44. The normalized spacial score (nSPS) is 32.9. The van der Waals surface area contributed by atoms with E-state index in [0.29, 0.717) is 24.5 Å². The van der Waals surface area contributed by atoms with Crippen LogP contribution in [0.25, 0.3) is 0 Å². The maximum atomic E-state index is 13.3.